The second-order valence-electron chi connectivity index (χ2n) is 4.68. The van der Waals surface area contributed by atoms with Gasteiger partial charge in [-0.15, -0.1) is 0 Å². The number of aryl methyl sites for hydroxylation is 1. The number of pyridine rings is 1. The van der Waals surface area contributed by atoms with E-state index in [2.05, 4.69) is 4.98 Å². The molecule has 0 aliphatic carbocycles. The zero-order valence-electron chi connectivity index (χ0n) is 11.3. The average Bonchev–Trinajstić information content (AvgIpc) is 2.41. The van der Waals surface area contributed by atoms with Crippen LogP contribution < -0.4 is 5.73 Å². The highest BCUT2D eigenvalue weighted by Crippen LogP contribution is 2.35. The fourth-order valence-corrected chi connectivity index (χ4v) is 2.57. The van der Waals surface area contributed by atoms with E-state index in [1.54, 1.807) is 6.20 Å². The molecule has 3 nitrogen and oxygen atoms in total. The summed E-state index contributed by atoms with van der Waals surface area (Å²) < 4.78 is 0. The minimum atomic E-state index is -0.783. The highest BCUT2D eigenvalue weighted by molar-refractivity contribution is 5.90. The number of carbonyl (C=O) groups is 1. The molecule has 2 aromatic rings. The van der Waals surface area contributed by atoms with E-state index in [9.17, 15) is 4.79 Å². The van der Waals surface area contributed by atoms with Crippen molar-refractivity contribution in [1.29, 1.82) is 0 Å². The molecule has 3 heteroatoms. The molecule has 1 atom stereocenters. The van der Waals surface area contributed by atoms with E-state index < -0.39 is 5.41 Å². The normalized spacial score (nSPS) is 13.8. The van der Waals surface area contributed by atoms with E-state index >= 15 is 0 Å². The fourth-order valence-electron chi connectivity index (χ4n) is 2.57. The quantitative estimate of drug-likeness (QED) is 0.911. The molecular weight excluding hydrogens is 236 g/mol. The van der Waals surface area contributed by atoms with E-state index in [1.807, 2.05) is 56.3 Å². The molecule has 1 heterocycles. The van der Waals surface area contributed by atoms with Gasteiger partial charge in [-0.2, -0.15) is 0 Å². The molecular formula is C16H18N2O. The average molecular weight is 254 g/mol. The molecule has 1 aromatic carbocycles. The van der Waals surface area contributed by atoms with Gasteiger partial charge in [0.25, 0.3) is 0 Å². The van der Waals surface area contributed by atoms with Gasteiger partial charge in [-0.1, -0.05) is 37.3 Å². The molecule has 0 bridgehead atoms. The van der Waals surface area contributed by atoms with Crippen LogP contribution in [0.15, 0.2) is 48.7 Å². The Balaban J connectivity index is 2.68. The Morgan fingerprint density at radius 1 is 1.21 bits per heavy atom. The number of nitrogens with zero attached hydrogens (tertiary/aromatic N) is 1. The molecule has 1 amide bonds. The first-order valence-electron chi connectivity index (χ1n) is 6.40. The number of carbonyl (C=O) groups excluding carboxylic acids is 1. The van der Waals surface area contributed by atoms with Crippen LogP contribution in [0.2, 0.25) is 0 Å². The Morgan fingerprint density at radius 3 is 2.42 bits per heavy atom. The number of amides is 1. The summed E-state index contributed by atoms with van der Waals surface area (Å²) in [7, 11) is 0. The molecule has 0 saturated carbocycles. The Bertz CT molecular complexity index is 580. The summed E-state index contributed by atoms with van der Waals surface area (Å²) in [5, 5.41) is 0. The van der Waals surface area contributed by atoms with Crippen molar-refractivity contribution in [3.8, 4) is 0 Å². The summed E-state index contributed by atoms with van der Waals surface area (Å²) in [5.74, 6) is -0.327. The van der Waals surface area contributed by atoms with E-state index in [-0.39, 0.29) is 5.91 Å². The minimum absolute atomic E-state index is 0.327. The number of benzene rings is 1. The molecule has 1 aromatic heterocycles. The van der Waals surface area contributed by atoms with Crippen molar-refractivity contribution in [3.63, 3.8) is 0 Å². The number of nitrogens with two attached hydrogens (primary N) is 1. The Morgan fingerprint density at radius 2 is 1.89 bits per heavy atom. The molecule has 0 radical (unpaired) electrons. The summed E-state index contributed by atoms with van der Waals surface area (Å²) in [5.41, 5.74) is 7.67. The molecule has 0 saturated heterocycles. The number of hydrogen-bond donors (Lipinski definition) is 1. The first-order valence-corrected chi connectivity index (χ1v) is 6.40. The van der Waals surface area contributed by atoms with E-state index in [4.69, 9.17) is 5.73 Å². The number of aromatic nitrogens is 1. The standard InChI is InChI=1S/C16H18N2O/c1-3-16(15(17)19,13-7-5-4-6-8-13)14-9-10-18-12(2)11-14/h4-11H,3H2,1-2H3,(H2,17,19). The topological polar surface area (TPSA) is 56.0 Å². The summed E-state index contributed by atoms with van der Waals surface area (Å²) in [6, 6.07) is 13.5. The van der Waals surface area contributed by atoms with Gasteiger partial charge in [0, 0.05) is 11.9 Å². The maximum absolute atomic E-state index is 12.2. The van der Waals surface area contributed by atoms with Crippen LogP contribution in [0, 0.1) is 6.92 Å². The van der Waals surface area contributed by atoms with E-state index in [1.165, 1.54) is 0 Å². The molecule has 1 unspecified atom stereocenters. The summed E-state index contributed by atoms with van der Waals surface area (Å²) in [6.07, 6.45) is 2.34. The van der Waals surface area contributed by atoms with Gasteiger partial charge < -0.3 is 5.73 Å². The van der Waals surface area contributed by atoms with E-state index in [0.29, 0.717) is 6.42 Å². The largest absolute Gasteiger partial charge is 0.369 e. The smallest absolute Gasteiger partial charge is 0.232 e. The van der Waals surface area contributed by atoms with Crippen LogP contribution in [0.4, 0.5) is 0 Å². The van der Waals surface area contributed by atoms with Crippen molar-refractivity contribution in [1.82, 2.24) is 4.98 Å². The first kappa shape index (κ1) is 13.3. The minimum Gasteiger partial charge on any atom is -0.369 e. The maximum atomic E-state index is 12.2. The lowest BCUT2D eigenvalue weighted by molar-refractivity contribution is -0.122. The van der Waals surface area contributed by atoms with Gasteiger partial charge in [0.15, 0.2) is 0 Å². The van der Waals surface area contributed by atoms with Crippen LogP contribution in [0.1, 0.15) is 30.2 Å². The molecule has 2 rings (SSSR count). The van der Waals surface area contributed by atoms with Gasteiger partial charge in [-0.25, -0.2) is 0 Å². The molecule has 98 valence electrons. The zero-order chi connectivity index (χ0) is 13.9. The maximum Gasteiger partial charge on any atom is 0.232 e. The molecule has 0 aliphatic heterocycles. The van der Waals surface area contributed by atoms with Gasteiger partial charge in [0.2, 0.25) is 5.91 Å². The van der Waals surface area contributed by atoms with Crippen LogP contribution in [-0.4, -0.2) is 10.9 Å². The highest BCUT2D eigenvalue weighted by Gasteiger charge is 2.38. The van der Waals surface area contributed by atoms with Crippen LogP contribution in [0.3, 0.4) is 0 Å². The van der Waals surface area contributed by atoms with Gasteiger partial charge >= 0.3 is 0 Å². The van der Waals surface area contributed by atoms with Crippen molar-refractivity contribution < 1.29 is 4.79 Å². The third-order valence-corrected chi connectivity index (χ3v) is 3.61. The lowest BCUT2D eigenvalue weighted by atomic mass is 9.72. The lowest BCUT2D eigenvalue weighted by Gasteiger charge is -2.30. The Labute approximate surface area is 113 Å². The molecule has 0 fully saturated rings. The van der Waals surface area contributed by atoms with Crippen LogP contribution in [0.25, 0.3) is 0 Å². The van der Waals surface area contributed by atoms with Crippen molar-refractivity contribution in [2.75, 3.05) is 0 Å². The predicted octanol–water partition coefficient (Wildman–Crippen LogP) is 2.57. The summed E-state index contributed by atoms with van der Waals surface area (Å²) in [6.45, 7) is 3.89. The van der Waals surface area contributed by atoms with Crippen LogP contribution in [0.5, 0.6) is 0 Å². The SMILES string of the molecule is CCC(C(N)=O)(c1ccccc1)c1ccnc(C)c1. The lowest BCUT2D eigenvalue weighted by Crippen LogP contribution is -2.41. The Hall–Kier alpha value is -2.16. The number of rotatable bonds is 4. The molecule has 2 N–H and O–H groups in total. The second-order valence-corrected chi connectivity index (χ2v) is 4.68. The summed E-state index contributed by atoms with van der Waals surface area (Å²) in [4.78, 5) is 16.4. The molecule has 0 aliphatic rings. The van der Waals surface area contributed by atoms with Gasteiger partial charge in [-0.05, 0) is 36.6 Å². The van der Waals surface area contributed by atoms with Gasteiger partial charge in [0.05, 0.1) is 5.41 Å². The monoisotopic (exact) mass is 254 g/mol. The van der Waals surface area contributed by atoms with Crippen LogP contribution >= 0.6 is 0 Å². The second kappa shape index (κ2) is 5.22. The molecule has 19 heavy (non-hydrogen) atoms. The number of primary amides is 1. The van der Waals surface area contributed by atoms with Crippen molar-refractivity contribution >= 4 is 5.91 Å². The molecule has 0 spiro atoms. The van der Waals surface area contributed by atoms with Crippen molar-refractivity contribution in [2.45, 2.75) is 25.7 Å². The zero-order valence-corrected chi connectivity index (χ0v) is 11.3. The summed E-state index contributed by atoms with van der Waals surface area (Å²) >= 11 is 0. The first-order chi connectivity index (χ1) is 9.11. The fraction of sp³-hybridized carbons (Fsp3) is 0.250. The van der Waals surface area contributed by atoms with E-state index in [0.717, 1.165) is 16.8 Å². The van der Waals surface area contributed by atoms with Crippen molar-refractivity contribution in [2.24, 2.45) is 5.73 Å². The van der Waals surface area contributed by atoms with Gasteiger partial charge in [0.1, 0.15) is 0 Å². The number of hydrogen-bond acceptors (Lipinski definition) is 2. The van der Waals surface area contributed by atoms with Crippen molar-refractivity contribution in [3.05, 3.63) is 65.5 Å². The predicted molar refractivity (Wildman–Crippen MR) is 75.7 cm³/mol. The Kier molecular flexibility index (Phi) is 3.65. The van der Waals surface area contributed by atoms with Gasteiger partial charge in [-0.3, -0.25) is 9.78 Å². The third-order valence-electron chi connectivity index (χ3n) is 3.61. The van der Waals surface area contributed by atoms with Crippen LogP contribution in [-0.2, 0) is 10.2 Å². The third kappa shape index (κ3) is 2.24. The highest BCUT2D eigenvalue weighted by atomic mass is 16.1.